The summed E-state index contributed by atoms with van der Waals surface area (Å²) in [4.78, 5) is 9.63. The molecule has 0 saturated carbocycles. The van der Waals surface area contributed by atoms with Gasteiger partial charge in [0.05, 0.1) is 16.8 Å². The van der Waals surface area contributed by atoms with E-state index in [2.05, 4.69) is 40.1 Å². The number of nitrogens with zero attached hydrogens (tertiary/aromatic N) is 3. The van der Waals surface area contributed by atoms with Crippen molar-refractivity contribution < 1.29 is 0 Å². The molecule has 0 amide bonds. The Balaban J connectivity index is 1.39. The molecule has 1 aliphatic heterocycles. The summed E-state index contributed by atoms with van der Waals surface area (Å²) in [5.74, 6) is 0. The van der Waals surface area contributed by atoms with Crippen molar-refractivity contribution in [1.29, 1.82) is 0 Å². The standard InChI is InChI=1S/C18H18ClN3S/c19-14-4-3-5-15(12-14)22-10-8-21(9-11-22)13-18-20-16-6-1-2-7-17(16)23-18/h1-7,12H,8-11,13H2. The number of aromatic nitrogens is 1. The summed E-state index contributed by atoms with van der Waals surface area (Å²) in [7, 11) is 0. The minimum absolute atomic E-state index is 0.805. The molecule has 5 heteroatoms. The number of rotatable bonds is 3. The lowest BCUT2D eigenvalue weighted by atomic mass is 10.2. The van der Waals surface area contributed by atoms with Crippen molar-refractivity contribution in [1.82, 2.24) is 9.88 Å². The van der Waals surface area contributed by atoms with Gasteiger partial charge in [0, 0.05) is 36.9 Å². The molecule has 0 spiro atoms. The Labute approximate surface area is 145 Å². The first-order valence-corrected chi connectivity index (χ1v) is 9.05. The van der Waals surface area contributed by atoms with Gasteiger partial charge in [-0.3, -0.25) is 4.90 Å². The fourth-order valence-electron chi connectivity index (χ4n) is 3.02. The molecule has 3 nitrogen and oxygen atoms in total. The Hall–Kier alpha value is -1.62. The molecule has 118 valence electrons. The smallest absolute Gasteiger partial charge is 0.108 e. The van der Waals surface area contributed by atoms with Crippen LogP contribution in [0.5, 0.6) is 0 Å². The van der Waals surface area contributed by atoms with Crippen molar-refractivity contribution in [3.63, 3.8) is 0 Å². The van der Waals surface area contributed by atoms with Crippen LogP contribution in [0.4, 0.5) is 5.69 Å². The highest BCUT2D eigenvalue weighted by molar-refractivity contribution is 7.18. The van der Waals surface area contributed by atoms with Gasteiger partial charge < -0.3 is 4.90 Å². The van der Waals surface area contributed by atoms with E-state index in [-0.39, 0.29) is 0 Å². The highest BCUT2D eigenvalue weighted by Crippen LogP contribution is 2.24. The van der Waals surface area contributed by atoms with Crippen LogP contribution >= 0.6 is 22.9 Å². The number of anilines is 1. The molecule has 1 fully saturated rings. The van der Waals surface area contributed by atoms with E-state index in [1.807, 2.05) is 18.2 Å². The molecule has 0 bridgehead atoms. The average molecular weight is 344 g/mol. The second-order valence-corrected chi connectivity index (χ2v) is 7.37. The van der Waals surface area contributed by atoms with E-state index in [4.69, 9.17) is 16.6 Å². The van der Waals surface area contributed by atoms with Gasteiger partial charge in [-0.05, 0) is 30.3 Å². The quantitative estimate of drug-likeness (QED) is 0.708. The Morgan fingerprint density at radius 2 is 1.83 bits per heavy atom. The van der Waals surface area contributed by atoms with Crippen LogP contribution in [-0.2, 0) is 6.54 Å². The van der Waals surface area contributed by atoms with Crippen LogP contribution in [-0.4, -0.2) is 36.1 Å². The summed E-state index contributed by atoms with van der Waals surface area (Å²) in [6.07, 6.45) is 0. The number of hydrogen-bond acceptors (Lipinski definition) is 4. The molecule has 0 unspecified atom stereocenters. The summed E-state index contributed by atoms with van der Waals surface area (Å²) >= 11 is 7.90. The second-order valence-electron chi connectivity index (χ2n) is 5.82. The summed E-state index contributed by atoms with van der Waals surface area (Å²) in [5.41, 5.74) is 2.34. The highest BCUT2D eigenvalue weighted by atomic mass is 35.5. The van der Waals surface area contributed by atoms with Gasteiger partial charge in [-0.2, -0.15) is 0 Å². The zero-order valence-corrected chi connectivity index (χ0v) is 14.4. The number of piperazine rings is 1. The number of halogens is 1. The van der Waals surface area contributed by atoms with Crippen molar-refractivity contribution in [3.8, 4) is 0 Å². The number of fused-ring (bicyclic) bond motifs is 1. The van der Waals surface area contributed by atoms with E-state index in [9.17, 15) is 0 Å². The molecule has 2 aromatic carbocycles. The lowest BCUT2D eigenvalue weighted by Crippen LogP contribution is -2.45. The van der Waals surface area contributed by atoms with Gasteiger partial charge in [0.15, 0.2) is 0 Å². The van der Waals surface area contributed by atoms with Crippen molar-refractivity contribution in [3.05, 3.63) is 58.6 Å². The predicted molar refractivity (Wildman–Crippen MR) is 98.6 cm³/mol. The molecule has 2 heterocycles. The average Bonchev–Trinajstić information content (AvgIpc) is 2.98. The van der Waals surface area contributed by atoms with E-state index < -0.39 is 0 Å². The van der Waals surface area contributed by atoms with Crippen molar-refractivity contribution in [2.24, 2.45) is 0 Å². The monoisotopic (exact) mass is 343 g/mol. The molecule has 1 saturated heterocycles. The van der Waals surface area contributed by atoms with Crippen LogP contribution in [0.3, 0.4) is 0 Å². The van der Waals surface area contributed by atoms with Crippen molar-refractivity contribution >= 4 is 38.8 Å². The summed E-state index contributed by atoms with van der Waals surface area (Å²) < 4.78 is 1.28. The number of para-hydroxylation sites is 1. The fraction of sp³-hybridized carbons (Fsp3) is 0.278. The van der Waals surface area contributed by atoms with E-state index in [1.165, 1.54) is 15.4 Å². The topological polar surface area (TPSA) is 19.4 Å². The third kappa shape index (κ3) is 3.34. The van der Waals surface area contributed by atoms with Crippen LogP contribution in [0.1, 0.15) is 5.01 Å². The van der Waals surface area contributed by atoms with Gasteiger partial charge in [-0.15, -0.1) is 11.3 Å². The van der Waals surface area contributed by atoms with E-state index in [0.29, 0.717) is 0 Å². The van der Waals surface area contributed by atoms with E-state index in [1.54, 1.807) is 11.3 Å². The highest BCUT2D eigenvalue weighted by Gasteiger charge is 2.18. The van der Waals surface area contributed by atoms with Crippen LogP contribution in [0, 0.1) is 0 Å². The summed E-state index contributed by atoms with van der Waals surface area (Å²) in [6.45, 7) is 5.13. The molecule has 0 atom stereocenters. The van der Waals surface area contributed by atoms with Gasteiger partial charge in [0.2, 0.25) is 0 Å². The Bertz CT molecular complexity index is 776. The van der Waals surface area contributed by atoms with E-state index in [0.717, 1.165) is 43.3 Å². The first kappa shape index (κ1) is 14.9. The Kier molecular flexibility index (Phi) is 4.21. The lowest BCUT2D eigenvalue weighted by Gasteiger charge is -2.35. The normalized spacial score (nSPS) is 16.1. The van der Waals surface area contributed by atoms with E-state index >= 15 is 0 Å². The van der Waals surface area contributed by atoms with Crippen LogP contribution in [0.15, 0.2) is 48.5 Å². The largest absolute Gasteiger partial charge is 0.369 e. The number of hydrogen-bond donors (Lipinski definition) is 0. The van der Waals surface area contributed by atoms with Gasteiger partial charge in [-0.1, -0.05) is 29.8 Å². The summed E-state index contributed by atoms with van der Waals surface area (Å²) in [6, 6.07) is 16.5. The molecule has 3 aromatic rings. The molecule has 0 radical (unpaired) electrons. The third-order valence-corrected chi connectivity index (χ3v) is 5.50. The zero-order valence-electron chi connectivity index (χ0n) is 12.8. The molecule has 1 aromatic heterocycles. The van der Waals surface area contributed by atoms with Crippen LogP contribution in [0.2, 0.25) is 5.02 Å². The third-order valence-electron chi connectivity index (χ3n) is 4.24. The summed E-state index contributed by atoms with van der Waals surface area (Å²) in [5, 5.41) is 2.02. The molecule has 1 aliphatic rings. The number of benzene rings is 2. The molecular formula is C18H18ClN3S. The first-order valence-electron chi connectivity index (χ1n) is 7.85. The number of thiazole rings is 1. The zero-order chi connectivity index (χ0) is 15.6. The molecule has 23 heavy (non-hydrogen) atoms. The van der Waals surface area contributed by atoms with Gasteiger partial charge in [0.25, 0.3) is 0 Å². The van der Waals surface area contributed by atoms with Gasteiger partial charge in [-0.25, -0.2) is 4.98 Å². The molecule has 0 N–H and O–H groups in total. The first-order chi connectivity index (χ1) is 11.3. The Morgan fingerprint density at radius 3 is 2.61 bits per heavy atom. The van der Waals surface area contributed by atoms with Gasteiger partial charge >= 0.3 is 0 Å². The second kappa shape index (κ2) is 6.48. The predicted octanol–water partition coefficient (Wildman–Crippen LogP) is 4.27. The fourth-order valence-corrected chi connectivity index (χ4v) is 4.21. The van der Waals surface area contributed by atoms with Crippen LogP contribution < -0.4 is 4.90 Å². The van der Waals surface area contributed by atoms with Crippen molar-refractivity contribution in [2.75, 3.05) is 31.1 Å². The van der Waals surface area contributed by atoms with Gasteiger partial charge in [0.1, 0.15) is 5.01 Å². The maximum absolute atomic E-state index is 6.09. The maximum Gasteiger partial charge on any atom is 0.108 e. The molecular weight excluding hydrogens is 326 g/mol. The maximum atomic E-state index is 6.09. The molecule has 0 aliphatic carbocycles. The minimum atomic E-state index is 0.805. The Morgan fingerprint density at radius 1 is 1.00 bits per heavy atom. The molecule has 4 rings (SSSR count). The SMILES string of the molecule is Clc1cccc(N2CCN(Cc3nc4ccccc4s3)CC2)c1. The minimum Gasteiger partial charge on any atom is -0.369 e. The van der Waals surface area contributed by atoms with Crippen LogP contribution in [0.25, 0.3) is 10.2 Å². The van der Waals surface area contributed by atoms with Crippen molar-refractivity contribution in [2.45, 2.75) is 6.54 Å². The lowest BCUT2D eigenvalue weighted by molar-refractivity contribution is 0.249.